The Morgan fingerprint density at radius 2 is 2.25 bits per heavy atom. The van der Waals surface area contributed by atoms with Gasteiger partial charge in [-0.05, 0) is 25.8 Å². The minimum absolute atomic E-state index is 0.544. The van der Waals surface area contributed by atoms with Crippen molar-refractivity contribution < 1.29 is 4.74 Å². The van der Waals surface area contributed by atoms with Crippen LogP contribution >= 0.6 is 11.3 Å². The molecule has 0 unspecified atom stereocenters. The summed E-state index contributed by atoms with van der Waals surface area (Å²) in [5.41, 5.74) is 1.90. The number of aromatic nitrogens is 3. The minimum atomic E-state index is 0.544. The Hall–Kier alpha value is -1.37. The largest absolute Gasteiger partial charge is 0.378 e. The van der Waals surface area contributed by atoms with E-state index in [1.807, 2.05) is 13.0 Å². The van der Waals surface area contributed by atoms with Crippen LogP contribution in [-0.4, -0.2) is 28.1 Å². The van der Waals surface area contributed by atoms with Crippen LogP contribution in [0.2, 0.25) is 0 Å². The summed E-state index contributed by atoms with van der Waals surface area (Å²) < 4.78 is 5.25. The van der Waals surface area contributed by atoms with E-state index in [1.54, 1.807) is 24.6 Å². The van der Waals surface area contributed by atoms with Crippen molar-refractivity contribution in [3.8, 4) is 10.7 Å². The quantitative estimate of drug-likeness (QED) is 0.884. The van der Waals surface area contributed by atoms with Crippen molar-refractivity contribution in [2.45, 2.75) is 39.0 Å². The van der Waals surface area contributed by atoms with Gasteiger partial charge in [0.2, 0.25) is 0 Å². The van der Waals surface area contributed by atoms with E-state index in [0.29, 0.717) is 12.6 Å². The Bertz CT molecular complexity index is 595. The molecule has 1 saturated carbocycles. The molecular weight excluding hydrogens is 272 g/mol. The second kappa shape index (κ2) is 5.95. The second-order valence-electron chi connectivity index (χ2n) is 4.97. The monoisotopic (exact) mass is 290 g/mol. The third-order valence-electron chi connectivity index (χ3n) is 3.18. The molecule has 2 heterocycles. The number of thiazole rings is 1. The van der Waals surface area contributed by atoms with Crippen LogP contribution in [0.5, 0.6) is 0 Å². The summed E-state index contributed by atoms with van der Waals surface area (Å²) in [5.74, 6) is 0.767. The van der Waals surface area contributed by atoms with Gasteiger partial charge in [-0.25, -0.2) is 15.0 Å². The van der Waals surface area contributed by atoms with Crippen LogP contribution < -0.4 is 5.32 Å². The van der Waals surface area contributed by atoms with Crippen molar-refractivity contribution in [1.29, 1.82) is 0 Å². The maximum Gasteiger partial charge on any atom is 0.142 e. The van der Waals surface area contributed by atoms with E-state index >= 15 is 0 Å². The molecule has 0 saturated heterocycles. The van der Waals surface area contributed by atoms with Gasteiger partial charge in [0, 0.05) is 30.8 Å². The highest BCUT2D eigenvalue weighted by molar-refractivity contribution is 7.15. The van der Waals surface area contributed by atoms with Gasteiger partial charge in [-0.3, -0.25) is 0 Å². The summed E-state index contributed by atoms with van der Waals surface area (Å²) in [6.07, 6.45) is 4.35. The molecule has 2 aromatic heterocycles. The van der Waals surface area contributed by atoms with Crippen LogP contribution in [-0.2, 0) is 17.9 Å². The average Bonchev–Trinajstić information content (AvgIpc) is 3.18. The Balaban J connectivity index is 1.84. The first kappa shape index (κ1) is 13.6. The number of nitrogens with zero attached hydrogens (tertiary/aromatic N) is 3. The van der Waals surface area contributed by atoms with Gasteiger partial charge in [-0.15, -0.1) is 11.3 Å². The van der Waals surface area contributed by atoms with Crippen LogP contribution in [0.4, 0.5) is 0 Å². The van der Waals surface area contributed by atoms with Crippen LogP contribution in [0.1, 0.15) is 29.2 Å². The standard InChI is InChI=1S/C14H18N4OS/c1-9-15-6-5-11(17-9)14-18-12(8-19-2)13(20-14)7-16-10-3-4-10/h5-6,10,16H,3-4,7-8H2,1-2H3. The number of nitrogens with one attached hydrogen (secondary N) is 1. The summed E-state index contributed by atoms with van der Waals surface area (Å²) in [6.45, 7) is 3.30. The first-order chi connectivity index (χ1) is 9.76. The maximum atomic E-state index is 5.25. The van der Waals surface area contributed by atoms with E-state index in [4.69, 9.17) is 4.74 Å². The van der Waals surface area contributed by atoms with Gasteiger partial charge in [-0.1, -0.05) is 0 Å². The van der Waals surface area contributed by atoms with Gasteiger partial charge in [0.25, 0.3) is 0 Å². The highest BCUT2D eigenvalue weighted by Crippen LogP contribution is 2.28. The van der Waals surface area contributed by atoms with Crippen molar-refractivity contribution in [3.05, 3.63) is 28.7 Å². The predicted molar refractivity (Wildman–Crippen MR) is 78.5 cm³/mol. The normalized spacial score (nSPS) is 14.7. The second-order valence-corrected chi connectivity index (χ2v) is 6.05. The van der Waals surface area contributed by atoms with Crippen molar-refractivity contribution in [3.63, 3.8) is 0 Å². The van der Waals surface area contributed by atoms with Crippen molar-refractivity contribution in [1.82, 2.24) is 20.3 Å². The predicted octanol–water partition coefficient (Wildman–Crippen LogP) is 2.31. The van der Waals surface area contributed by atoms with Crippen LogP contribution in [0.25, 0.3) is 10.7 Å². The first-order valence-corrected chi connectivity index (χ1v) is 7.59. The number of methoxy groups -OCH3 is 1. The molecule has 0 spiro atoms. The molecule has 0 aliphatic heterocycles. The topological polar surface area (TPSA) is 59.9 Å². The Morgan fingerprint density at radius 3 is 2.95 bits per heavy atom. The van der Waals surface area contributed by atoms with Gasteiger partial charge in [0.05, 0.1) is 12.3 Å². The lowest BCUT2D eigenvalue weighted by Gasteiger charge is -2.02. The molecular formula is C14H18N4OS. The molecule has 106 valence electrons. The van der Waals surface area contributed by atoms with Crippen molar-refractivity contribution >= 4 is 11.3 Å². The third-order valence-corrected chi connectivity index (χ3v) is 4.30. The van der Waals surface area contributed by atoms with E-state index in [2.05, 4.69) is 20.3 Å². The molecule has 1 fully saturated rings. The fraction of sp³-hybridized carbons (Fsp3) is 0.500. The molecule has 1 aliphatic rings. The zero-order chi connectivity index (χ0) is 13.9. The lowest BCUT2D eigenvalue weighted by Crippen LogP contribution is -2.15. The Morgan fingerprint density at radius 1 is 1.40 bits per heavy atom. The molecule has 0 bridgehead atoms. The smallest absolute Gasteiger partial charge is 0.142 e. The summed E-state index contributed by atoms with van der Waals surface area (Å²) >= 11 is 1.69. The maximum absolute atomic E-state index is 5.25. The SMILES string of the molecule is COCc1nc(-c2ccnc(C)n2)sc1CNC1CC1. The minimum Gasteiger partial charge on any atom is -0.378 e. The van der Waals surface area contributed by atoms with Gasteiger partial charge in [0.15, 0.2) is 0 Å². The molecule has 0 atom stereocenters. The number of aryl methyl sites for hydroxylation is 1. The van der Waals surface area contributed by atoms with Crippen molar-refractivity contribution in [2.75, 3.05) is 7.11 Å². The molecule has 2 aromatic rings. The van der Waals surface area contributed by atoms with E-state index < -0.39 is 0 Å². The van der Waals surface area contributed by atoms with Crippen LogP contribution in [0, 0.1) is 6.92 Å². The molecule has 0 radical (unpaired) electrons. The number of hydrogen-bond acceptors (Lipinski definition) is 6. The van der Waals surface area contributed by atoms with Gasteiger partial charge in [-0.2, -0.15) is 0 Å². The lowest BCUT2D eigenvalue weighted by molar-refractivity contribution is 0.181. The molecule has 3 rings (SSSR count). The molecule has 0 aromatic carbocycles. The lowest BCUT2D eigenvalue weighted by atomic mass is 10.3. The van der Waals surface area contributed by atoms with Gasteiger partial charge in [0.1, 0.15) is 16.5 Å². The number of rotatable bonds is 6. The van der Waals surface area contributed by atoms with E-state index in [-0.39, 0.29) is 0 Å². The summed E-state index contributed by atoms with van der Waals surface area (Å²) in [6, 6.07) is 2.60. The zero-order valence-corrected chi connectivity index (χ0v) is 12.5. The van der Waals surface area contributed by atoms with Crippen LogP contribution in [0.3, 0.4) is 0 Å². The summed E-state index contributed by atoms with van der Waals surface area (Å²) in [7, 11) is 1.70. The van der Waals surface area contributed by atoms with Gasteiger partial charge >= 0.3 is 0 Å². The number of hydrogen-bond donors (Lipinski definition) is 1. The fourth-order valence-corrected chi connectivity index (χ4v) is 2.97. The number of ether oxygens (including phenoxy) is 1. The van der Waals surface area contributed by atoms with Gasteiger partial charge < -0.3 is 10.1 Å². The average molecular weight is 290 g/mol. The molecule has 1 N–H and O–H groups in total. The Labute approximate surface area is 122 Å². The van der Waals surface area contributed by atoms with Crippen LogP contribution in [0.15, 0.2) is 12.3 Å². The molecule has 6 heteroatoms. The first-order valence-electron chi connectivity index (χ1n) is 6.77. The molecule has 5 nitrogen and oxygen atoms in total. The van der Waals surface area contributed by atoms with E-state index in [1.165, 1.54) is 17.7 Å². The highest BCUT2D eigenvalue weighted by Gasteiger charge is 2.22. The molecule has 1 aliphatic carbocycles. The Kier molecular flexibility index (Phi) is 4.05. The van der Waals surface area contributed by atoms with E-state index in [0.717, 1.165) is 28.8 Å². The molecule has 20 heavy (non-hydrogen) atoms. The third kappa shape index (κ3) is 3.20. The molecule has 0 amide bonds. The zero-order valence-electron chi connectivity index (χ0n) is 11.7. The fourth-order valence-electron chi connectivity index (χ4n) is 1.98. The summed E-state index contributed by atoms with van der Waals surface area (Å²) in [4.78, 5) is 14.5. The highest BCUT2D eigenvalue weighted by atomic mass is 32.1. The summed E-state index contributed by atoms with van der Waals surface area (Å²) in [5, 5.41) is 4.47. The van der Waals surface area contributed by atoms with Crippen molar-refractivity contribution in [2.24, 2.45) is 0 Å². The van der Waals surface area contributed by atoms with E-state index in [9.17, 15) is 0 Å².